The molecule has 98 valence electrons. The van der Waals surface area contributed by atoms with E-state index in [0.717, 1.165) is 22.4 Å². The van der Waals surface area contributed by atoms with E-state index in [-0.39, 0.29) is 5.75 Å². The number of nitrogens with zero attached hydrogens (tertiary/aromatic N) is 1. The molecule has 0 saturated carbocycles. The van der Waals surface area contributed by atoms with Crippen LogP contribution in [0.3, 0.4) is 0 Å². The van der Waals surface area contributed by atoms with Gasteiger partial charge in [0, 0.05) is 5.56 Å². The highest BCUT2D eigenvalue weighted by Crippen LogP contribution is 2.32. The largest absolute Gasteiger partial charge is 0.507 e. The van der Waals surface area contributed by atoms with Crippen molar-refractivity contribution in [1.82, 2.24) is 0 Å². The molecule has 2 N–H and O–H groups in total. The summed E-state index contributed by atoms with van der Waals surface area (Å²) < 4.78 is 5.12. The fourth-order valence-electron chi connectivity index (χ4n) is 1.97. The van der Waals surface area contributed by atoms with Crippen molar-refractivity contribution < 1.29 is 15.1 Å². The van der Waals surface area contributed by atoms with Gasteiger partial charge in [-0.1, -0.05) is 23.4 Å². The molecule has 4 heteroatoms. The number of methoxy groups -OCH3 is 1. The molecule has 0 aromatic heterocycles. The SMILES string of the molecule is COc1ccc(-c2ccc(/C=N/O)c(O)c2C)cc1. The molecule has 0 fully saturated rings. The van der Waals surface area contributed by atoms with E-state index in [2.05, 4.69) is 5.16 Å². The third-order valence-electron chi connectivity index (χ3n) is 3.06. The number of hydrogen-bond donors (Lipinski definition) is 2. The Hall–Kier alpha value is -2.49. The van der Waals surface area contributed by atoms with E-state index >= 15 is 0 Å². The van der Waals surface area contributed by atoms with Gasteiger partial charge in [-0.3, -0.25) is 0 Å². The predicted molar refractivity (Wildman–Crippen MR) is 74.2 cm³/mol. The lowest BCUT2D eigenvalue weighted by Crippen LogP contribution is -1.90. The maximum Gasteiger partial charge on any atom is 0.127 e. The topological polar surface area (TPSA) is 62.0 Å². The minimum atomic E-state index is 0.117. The molecule has 2 rings (SSSR count). The number of aromatic hydroxyl groups is 1. The van der Waals surface area contributed by atoms with Gasteiger partial charge in [-0.15, -0.1) is 0 Å². The Morgan fingerprint density at radius 3 is 2.37 bits per heavy atom. The second-order valence-electron chi connectivity index (χ2n) is 4.15. The summed E-state index contributed by atoms with van der Waals surface area (Å²) in [5.41, 5.74) is 3.14. The van der Waals surface area contributed by atoms with E-state index in [1.165, 1.54) is 6.21 Å². The maximum atomic E-state index is 10.0. The summed E-state index contributed by atoms with van der Waals surface area (Å²) in [4.78, 5) is 0. The van der Waals surface area contributed by atoms with Crippen molar-refractivity contribution in [2.75, 3.05) is 7.11 Å². The zero-order chi connectivity index (χ0) is 13.8. The van der Waals surface area contributed by atoms with Crippen LogP contribution in [0.5, 0.6) is 11.5 Å². The Kier molecular flexibility index (Phi) is 3.71. The third kappa shape index (κ3) is 2.52. The van der Waals surface area contributed by atoms with E-state index in [1.54, 1.807) is 13.2 Å². The smallest absolute Gasteiger partial charge is 0.127 e. The van der Waals surface area contributed by atoms with E-state index in [9.17, 15) is 5.11 Å². The minimum absolute atomic E-state index is 0.117. The van der Waals surface area contributed by atoms with Crippen LogP contribution in [0.25, 0.3) is 11.1 Å². The van der Waals surface area contributed by atoms with E-state index < -0.39 is 0 Å². The molecule has 0 radical (unpaired) electrons. The lowest BCUT2D eigenvalue weighted by atomic mass is 9.97. The fraction of sp³-hybridized carbons (Fsp3) is 0.133. The molecule has 0 unspecified atom stereocenters. The van der Waals surface area contributed by atoms with Gasteiger partial charge >= 0.3 is 0 Å². The molecule has 0 heterocycles. The van der Waals surface area contributed by atoms with Gasteiger partial charge in [0.05, 0.1) is 13.3 Å². The summed E-state index contributed by atoms with van der Waals surface area (Å²) in [5, 5.41) is 21.5. The lowest BCUT2D eigenvalue weighted by molar-refractivity contribution is 0.321. The van der Waals surface area contributed by atoms with E-state index in [4.69, 9.17) is 9.94 Å². The predicted octanol–water partition coefficient (Wildman–Crippen LogP) is 3.18. The number of hydrogen-bond acceptors (Lipinski definition) is 4. The molecule has 0 atom stereocenters. The van der Waals surface area contributed by atoms with Crippen LogP contribution in [0.2, 0.25) is 0 Å². The Morgan fingerprint density at radius 1 is 1.11 bits per heavy atom. The summed E-state index contributed by atoms with van der Waals surface area (Å²) in [5.74, 6) is 0.903. The first kappa shape index (κ1) is 13.0. The van der Waals surface area contributed by atoms with Gasteiger partial charge in [0.1, 0.15) is 11.5 Å². The standard InChI is InChI=1S/C15H15NO3/c1-10-14(8-5-12(9-16-18)15(10)17)11-3-6-13(19-2)7-4-11/h3-9,17-18H,1-2H3/b16-9+. The minimum Gasteiger partial charge on any atom is -0.507 e. The van der Waals surface area contributed by atoms with Crippen molar-refractivity contribution in [3.05, 3.63) is 47.5 Å². The van der Waals surface area contributed by atoms with Crippen LogP contribution in [0.1, 0.15) is 11.1 Å². The molecular formula is C15H15NO3. The summed E-state index contributed by atoms with van der Waals surface area (Å²) >= 11 is 0. The molecule has 0 aliphatic rings. The molecule has 0 spiro atoms. The Balaban J connectivity index is 2.47. The summed E-state index contributed by atoms with van der Waals surface area (Å²) in [6.45, 7) is 1.82. The molecule has 4 nitrogen and oxygen atoms in total. The number of phenolic OH excluding ortho intramolecular Hbond substituents is 1. The van der Waals surface area contributed by atoms with Gasteiger partial charge in [0.15, 0.2) is 0 Å². The first-order valence-corrected chi connectivity index (χ1v) is 5.81. The second-order valence-corrected chi connectivity index (χ2v) is 4.15. The number of benzene rings is 2. The van der Waals surface area contributed by atoms with Crippen molar-refractivity contribution in [2.45, 2.75) is 6.92 Å². The number of ether oxygens (including phenoxy) is 1. The van der Waals surface area contributed by atoms with Crippen LogP contribution in [-0.2, 0) is 0 Å². The number of phenols is 1. The van der Waals surface area contributed by atoms with Gasteiger partial charge in [0.2, 0.25) is 0 Å². The fourth-order valence-corrected chi connectivity index (χ4v) is 1.97. The zero-order valence-electron chi connectivity index (χ0n) is 10.8. The van der Waals surface area contributed by atoms with Gasteiger partial charge in [-0.2, -0.15) is 0 Å². The van der Waals surface area contributed by atoms with Crippen molar-refractivity contribution in [1.29, 1.82) is 0 Å². The van der Waals surface area contributed by atoms with Crippen LogP contribution < -0.4 is 4.74 Å². The van der Waals surface area contributed by atoms with Gasteiger partial charge in [-0.25, -0.2) is 0 Å². The Bertz CT molecular complexity index is 604. The molecular weight excluding hydrogens is 242 g/mol. The monoisotopic (exact) mass is 257 g/mol. The summed E-state index contributed by atoms with van der Waals surface area (Å²) in [6, 6.07) is 11.2. The average molecular weight is 257 g/mol. The normalized spacial score (nSPS) is 10.8. The highest BCUT2D eigenvalue weighted by Gasteiger charge is 2.09. The molecule has 19 heavy (non-hydrogen) atoms. The van der Waals surface area contributed by atoms with Crippen molar-refractivity contribution in [3.63, 3.8) is 0 Å². The van der Waals surface area contributed by atoms with Crippen LogP contribution in [0.15, 0.2) is 41.6 Å². The summed E-state index contributed by atoms with van der Waals surface area (Å²) in [7, 11) is 1.62. The summed E-state index contributed by atoms with van der Waals surface area (Å²) in [6.07, 6.45) is 1.21. The van der Waals surface area contributed by atoms with Crippen molar-refractivity contribution in [2.24, 2.45) is 5.16 Å². The van der Waals surface area contributed by atoms with Crippen LogP contribution in [-0.4, -0.2) is 23.6 Å². The van der Waals surface area contributed by atoms with Crippen molar-refractivity contribution in [3.8, 4) is 22.6 Å². The number of rotatable bonds is 3. The highest BCUT2D eigenvalue weighted by molar-refractivity contribution is 5.86. The van der Waals surface area contributed by atoms with Crippen LogP contribution >= 0.6 is 0 Å². The maximum absolute atomic E-state index is 10.0. The van der Waals surface area contributed by atoms with Crippen LogP contribution in [0.4, 0.5) is 0 Å². The Labute approximate surface area is 111 Å². The zero-order valence-corrected chi connectivity index (χ0v) is 10.8. The Morgan fingerprint density at radius 2 is 1.79 bits per heavy atom. The average Bonchev–Trinajstić information content (AvgIpc) is 2.45. The van der Waals surface area contributed by atoms with E-state index in [1.807, 2.05) is 37.3 Å². The van der Waals surface area contributed by atoms with Crippen molar-refractivity contribution >= 4 is 6.21 Å². The second kappa shape index (κ2) is 5.44. The first-order chi connectivity index (χ1) is 9.17. The first-order valence-electron chi connectivity index (χ1n) is 5.81. The van der Waals surface area contributed by atoms with Gasteiger partial charge < -0.3 is 15.1 Å². The molecule has 2 aromatic carbocycles. The molecule has 2 aromatic rings. The molecule has 0 aliphatic carbocycles. The lowest BCUT2D eigenvalue weighted by Gasteiger charge is -2.10. The van der Waals surface area contributed by atoms with Gasteiger partial charge in [-0.05, 0) is 41.8 Å². The van der Waals surface area contributed by atoms with Gasteiger partial charge in [0.25, 0.3) is 0 Å². The molecule has 0 bridgehead atoms. The third-order valence-corrected chi connectivity index (χ3v) is 3.06. The highest BCUT2D eigenvalue weighted by atomic mass is 16.5. The quantitative estimate of drug-likeness (QED) is 0.504. The molecule has 0 saturated heterocycles. The number of oxime groups is 1. The molecule has 0 aliphatic heterocycles. The van der Waals surface area contributed by atoms with E-state index in [0.29, 0.717) is 5.56 Å². The van der Waals surface area contributed by atoms with Crippen LogP contribution in [0, 0.1) is 6.92 Å². The molecule has 0 amide bonds.